The van der Waals surface area contributed by atoms with E-state index in [1.165, 1.54) is 6.92 Å². The number of amides is 1. The van der Waals surface area contributed by atoms with Crippen molar-refractivity contribution in [3.05, 3.63) is 59.7 Å². The first-order valence-corrected chi connectivity index (χ1v) is 7.10. The molecule has 22 heavy (non-hydrogen) atoms. The molecule has 5 heteroatoms. The molecule has 4 nitrogen and oxygen atoms in total. The van der Waals surface area contributed by atoms with Gasteiger partial charge in [-0.3, -0.25) is 4.79 Å². The van der Waals surface area contributed by atoms with Gasteiger partial charge in [-0.25, -0.2) is 0 Å². The van der Waals surface area contributed by atoms with E-state index in [0.29, 0.717) is 31.1 Å². The maximum absolute atomic E-state index is 10.9. The van der Waals surface area contributed by atoms with Crippen molar-refractivity contribution in [1.29, 1.82) is 0 Å². The molecule has 0 saturated heterocycles. The van der Waals surface area contributed by atoms with Gasteiger partial charge < -0.3 is 14.7 Å². The fourth-order valence-electron chi connectivity index (χ4n) is 2.04. The summed E-state index contributed by atoms with van der Waals surface area (Å²) in [5, 5.41) is 2.76. The highest BCUT2D eigenvalue weighted by molar-refractivity contribution is 6.00. The lowest BCUT2D eigenvalue weighted by atomic mass is 10.1. The summed E-state index contributed by atoms with van der Waals surface area (Å²) in [6, 6.07) is 15.4. The number of benzene rings is 2. The second-order valence-corrected chi connectivity index (χ2v) is 4.91. The molecule has 0 spiro atoms. The highest BCUT2D eigenvalue weighted by Crippen LogP contribution is 2.28. The Balaban J connectivity index is 2.02. The Morgan fingerprint density at radius 1 is 1.09 bits per heavy atom. The van der Waals surface area contributed by atoms with Gasteiger partial charge in [-0.05, 0) is 29.7 Å². The van der Waals surface area contributed by atoms with Gasteiger partial charge in [0, 0.05) is 13.5 Å². The van der Waals surface area contributed by atoms with Gasteiger partial charge in [0.05, 0.1) is 0 Å². The van der Waals surface area contributed by atoms with E-state index < -0.39 is 0 Å². The molecular formula is C17H18BNO3. The fraction of sp³-hybridized carbons (Fsp3) is 0.235. The van der Waals surface area contributed by atoms with Crippen molar-refractivity contribution in [1.82, 2.24) is 5.32 Å². The second-order valence-electron chi connectivity index (χ2n) is 4.91. The minimum atomic E-state index is -0.0394. The number of hydrogen-bond acceptors (Lipinski definition) is 3. The van der Waals surface area contributed by atoms with Gasteiger partial charge in [0.2, 0.25) is 5.91 Å². The molecule has 0 bridgehead atoms. The molecule has 0 aliphatic carbocycles. The monoisotopic (exact) mass is 295 g/mol. The number of hydrogen-bond donors (Lipinski definition) is 1. The first-order valence-electron chi connectivity index (χ1n) is 7.10. The fourth-order valence-corrected chi connectivity index (χ4v) is 2.04. The minimum absolute atomic E-state index is 0.0394. The van der Waals surface area contributed by atoms with E-state index in [-0.39, 0.29) is 5.91 Å². The Kier molecular flexibility index (Phi) is 5.89. The third kappa shape index (κ3) is 4.84. The minimum Gasteiger partial charge on any atom is -0.565 e. The lowest BCUT2D eigenvalue weighted by Gasteiger charge is -2.13. The molecule has 1 amide bonds. The van der Waals surface area contributed by atoms with Crippen LogP contribution in [0.5, 0.6) is 11.5 Å². The molecule has 112 valence electrons. The average Bonchev–Trinajstić information content (AvgIpc) is 2.54. The SMILES string of the molecule is [B]Oc1ccc(CCNC(C)=O)cc1OCc1ccccc1. The largest absolute Gasteiger partial charge is 0.565 e. The van der Waals surface area contributed by atoms with Gasteiger partial charge in [0.15, 0.2) is 5.75 Å². The van der Waals surface area contributed by atoms with Gasteiger partial charge in [-0.1, -0.05) is 36.4 Å². The molecule has 0 saturated carbocycles. The zero-order valence-corrected chi connectivity index (χ0v) is 12.5. The lowest BCUT2D eigenvalue weighted by molar-refractivity contribution is -0.118. The molecule has 0 heterocycles. The smallest absolute Gasteiger partial charge is 0.374 e. The highest BCUT2D eigenvalue weighted by atomic mass is 16.5. The van der Waals surface area contributed by atoms with E-state index in [9.17, 15) is 4.79 Å². The Bertz CT molecular complexity index is 617. The third-order valence-electron chi connectivity index (χ3n) is 3.16. The van der Waals surface area contributed by atoms with Crippen LogP contribution in [-0.4, -0.2) is 20.5 Å². The van der Waals surface area contributed by atoms with Crippen LogP contribution in [0, 0.1) is 0 Å². The zero-order chi connectivity index (χ0) is 15.8. The van der Waals surface area contributed by atoms with E-state index in [0.717, 1.165) is 11.1 Å². The number of carbonyl (C=O) groups excluding carboxylic acids is 1. The molecule has 0 aromatic heterocycles. The van der Waals surface area contributed by atoms with Crippen molar-refractivity contribution in [3.8, 4) is 11.5 Å². The topological polar surface area (TPSA) is 47.6 Å². The van der Waals surface area contributed by atoms with Crippen molar-refractivity contribution in [2.75, 3.05) is 6.54 Å². The van der Waals surface area contributed by atoms with Crippen LogP contribution in [0.25, 0.3) is 0 Å². The van der Waals surface area contributed by atoms with Crippen LogP contribution in [0.4, 0.5) is 0 Å². The summed E-state index contributed by atoms with van der Waals surface area (Å²) < 4.78 is 10.6. The summed E-state index contributed by atoms with van der Waals surface area (Å²) in [4.78, 5) is 10.9. The molecule has 1 N–H and O–H groups in total. The summed E-state index contributed by atoms with van der Waals surface area (Å²) in [5.41, 5.74) is 2.10. The average molecular weight is 295 g/mol. The molecule has 2 aromatic carbocycles. The van der Waals surface area contributed by atoms with Gasteiger partial charge in [-0.15, -0.1) is 0 Å². The standard InChI is InChI=1S/C17H18BNO3/c1-13(20)19-10-9-14-7-8-16(22-18)17(11-14)21-12-15-5-3-2-4-6-15/h2-8,11H,9-10,12H2,1H3,(H,19,20). The van der Waals surface area contributed by atoms with Gasteiger partial charge >= 0.3 is 8.05 Å². The van der Waals surface area contributed by atoms with Crippen molar-refractivity contribution in [2.24, 2.45) is 0 Å². The van der Waals surface area contributed by atoms with E-state index >= 15 is 0 Å². The Labute approximate surface area is 131 Å². The molecular weight excluding hydrogens is 277 g/mol. The third-order valence-corrected chi connectivity index (χ3v) is 3.16. The Morgan fingerprint density at radius 3 is 2.55 bits per heavy atom. The summed E-state index contributed by atoms with van der Waals surface area (Å²) in [6.45, 7) is 2.52. The van der Waals surface area contributed by atoms with Crippen molar-refractivity contribution < 1.29 is 14.2 Å². The highest BCUT2D eigenvalue weighted by Gasteiger charge is 2.06. The van der Waals surface area contributed by atoms with Crippen LogP contribution >= 0.6 is 0 Å². The van der Waals surface area contributed by atoms with Gasteiger partial charge in [-0.2, -0.15) is 0 Å². The van der Waals surface area contributed by atoms with Crippen molar-refractivity contribution >= 4 is 14.0 Å². The van der Waals surface area contributed by atoms with Crippen molar-refractivity contribution in [2.45, 2.75) is 20.0 Å². The summed E-state index contributed by atoms with van der Waals surface area (Å²) in [6.07, 6.45) is 0.714. The number of carbonyl (C=O) groups is 1. The molecule has 2 rings (SSSR count). The van der Waals surface area contributed by atoms with Crippen LogP contribution in [-0.2, 0) is 17.8 Å². The van der Waals surface area contributed by atoms with E-state index in [1.807, 2.05) is 42.5 Å². The quantitative estimate of drug-likeness (QED) is 0.798. The molecule has 2 radical (unpaired) electrons. The summed E-state index contributed by atoms with van der Waals surface area (Å²) in [5.74, 6) is 1.04. The summed E-state index contributed by atoms with van der Waals surface area (Å²) in [7, 11) is 5.27. The number of ether oxygens (including phenoxy) is 1. The van der Waals surface area contributed by atoms with Crippen molar-refractivity contribution in [3.63, 3.8) is 0 Å². The summed E-state index contributed by atoms with van der Waals surface area (Å²) >= 11 is 0. The van der Waals surface area contributed by atoms with Gasteiger partial charge in [0.25, 0.3) is 0 Å². The van der Waals surface area contributed by atoms with Crippen LogP contribution in [0.3, 0.4) is 0 Å². The lowest BCUT2D eigenvalue weighted by Crippen LogP contribution is -2.22. The number of rotatable bonds is 7. The second kappa shape index (κ2) is 8.12. The van der Waals surface area contributed by atoms with Crippen LogP contribution in [0.2, 0.25) is 0 Å². The Hall–Kier alpha value is -2.43. The zero-order valence-electron chi connectivity index (χ0n) is 12.5. The maximum Gasteiger partial charge on any atom is 0.374 e. The van der Waals surface area contributed by atoms with Gasteiger partial charge in [0.1, 0.15) is 12.4 Å². The van der Waals surface area contributed by atoms with Crippen LogP contribution in [0.1, 0.15) is 18.1 Å². The van der Waals surface area contributed by atoms with E-state index in [4.69, 9.17) is 17.4 Å². The maximum atomic E-state index is 10.9. The molecule has 0 atom stereocenters. The van der Waals surface area contributed by atoms with Crippen LogP contribution < -0.4 is 14.7 Å². The van der Waals surface area contributed by atoms with E-state index in [1.54, 1.807) is 6.07 Å². The molecule has 0 aliphatic rings. The predicted octanol–water partition coefficient (Wildman–Crippen LogP) is 2.41. The van der Waals surface area contributed by atoms with E-state index in [2.05, 4.69) is 5.32 Å². The number of nitrogens with one attached hydrogen (secondary N) is 1. The Morgan fingerprint density at radius 2 is 1.86 bits per heavy atom. The normalized spacial score (nSPS) is 10.0. The first-order chi connectivity index (χ1) is 10.7. The predicted molar refractivity (Wildman–Crippen MR) is 86.0 cm³/mol. The molecule has 0 unspecified atom stereocenters. The molecule has 0 fully saturated rings. The van der Waals surface area contributed by atoms with Crippen LogP contribution in [0.15, 0.2) is 48.5 Å². The first kappa shape index (κ1) is 16.0. The molecule has 0 aliphatic heterocycles. The molecule has 2 aromatic rings.